The van der Waals surface area contributed by atoms with Crippen molar-refractivity contribution in [1.82, 2.24) is 9.97 Å². The van der Waals surface area contributed by atoms with Gasteiger partial charge in [0.25, 0.3) is 0 Å². The Labute approximate surface area is 99.5 Å². The third kappa shape index (κ3) is 1.88. The van der Waals surface area contributed by atoms with Crippen LogP contribution in [-0.4, -0.2) is 17.1 Å². The monoisotopic (exact) mass is 234 g/mol. The van der Waals surface area contributed by atoms with Crippen LogP contribution < -0.4 is 4.74 Å². The normalized spacial score (nSPS) is 10.4. The van der Waals surface area contributed by atoms with Gasteiger partial charge in [-0.15, -0.1) is 0 Å². The number of aromatic amines is 2. The molecule has 0 atom stereocenters. The van der Waals surface area contributed by atoms with Crippen LogP contribution in [0, 0.1) is 18.6 Å². The summed E-state index contributed by atoms with van der Waals surface area (Å²) < 4.78 is 5.89. The Bertz CT molecular complexity index is 569. The smallest absolute Gasteiger partial charge is 0.175 e. The highest BCUT2D eigenvalue weighted by molar-refractivity contribution is 7.71. The summed E-state index contributed by atoms with van der Waals surface area (Å²) in [5, 5.41) is 0. The van der Waals surface area contributed by atoms with Crippen LogP contribution in [0.2, 0.25) is 0 Å². The highest BCUT2D eigenvalue weighted by Crippen LogP contribution is 2.26. The Balaban J connectivity index is 2.53. The Morgan fingerprint density at radius 2 is 1.94 bits per heavy atom. The van der Waals surface area contributed by atoms with Crippen molar-refractivity contribution >= 4 is 12.2 Å². The molecule has 1 heterocycles. The number of methoxy groups -OCH3 is 1. The van der Waals surface area contributed by atoms with Gasteiger partial charge in [0.15, 0.2) is 4.77 Å². The van der Waals surface area contributed by atoms with Crippen molar-refractivity contribution < 1.29 is 4.74 Å². The molecule has 2 N–H and O–H groups in total. The van der Waals surface area contributed by atoms with Crippen LogP contribution >= 0.6 is 12.2 Å². The zero-order chi connectivity index (χ0) is 11.7. The molecular weight excluding hydrogens is 220 g/mol. The fourth-order valence-corrected chi connectivity index (χ4v) is 2.05. The second kappa shape index (κ2) is 4.14. The number of ether oxygens (including phenoxy) is 1. The van der Waals surface area contributed by atoms with Crippen molar-refractivity contribution in [2.75, 3.05) is 7.11 Å². The first-order valence-corrected chi connectivity index (χ1v) is 5.46. The summed E-state index contributed by atoms with van der Waals surface area (Å²) in [6.07, 6.45) is 0. The van der Waals surface area contributed by atoms with E-state index in [9.17, 15) is 0 Å². The minimum absolute atomic E-state index is 0.654. The third-order valence-corrected chi connectivity index (χ3v) is 2.80. The molecule has 4 heteroatoms. The van der Waals surface area contributed by atoms with E-state index in [2.05, 4.69) is 16.0 Å². The largest absolute Gasteiger partial charge is 0.496 e. The maximum Gasteiger partial charge on any atom is 0.175 e. The van der Waals surface area contributed by atoms with Gasteiger partial charge in [0.1, 0.15) is 5.75 Å². The highest BCUT2D eigenvalue weighted by Gasteiger charge is 2.06. The fourth-order valence-electron chi connectivity index (χ4n) is 1.79. The van der Waals surface area contributed by atoms with E-state index in [-0.39, 0.29) is 0 Å². The van der Waals surface area contributed by atoms with Gasteiger partial charge in [-0.25, -0.2) is 0 Å². The van der Waals surface area contributed by atoms with Crippen molar-refractivity contribution in [2.45, 2.75) is 13.8 Å². The molecule has 0 saturated heterocycles. The predicted octanol–water partition coefficient (Wildman–Crippen LogP) is 3.36. The minimum Gasteiger partial charge on any atom is -0.496 e. The zero-order valence-corrected chi connectivity index (χ0v) is 10.4. The van der Waals surface area contributed by atoms with Gasteiger partial charge >= 0.3 is 0 Å². The van der Waals surface area contributed by atoms with E-state index >= 15 is 0 Å². The number of rotatable bonds is 2. The zero-order valence-electron chi connectivity index (χ0n) is 9.55. The van der Waals surface area contributed by atoms with E-state index in [4.69, 9.17) is 17.0 Å². The summed E-state index contributed by atoms with van der Waals surface area (Å²) in [7, 11) is 1.68. The van der Waals surface area contributed by atoms with Crippen molar-refractivity contribution in [3.05, 3.63) is 34.2 Å². The molecule has 0 aliphatic rings. The van der Waals surface area contributed by atoms with Gasteiger partial charge in [-0.3, -0.25) is 0 Å². The van der Waals surface area contributed by atoms with Gasteiger partial charge in [0.2, 0.25) is 0 Å². The second-order valence-corrected chi connectivity index (χ2v) is 4.17. The van der Waals surface area contributed by atoms with E-state index in [0.717, 1.165) is 28.3 Å². The number of hydrogen-bond acceptors (Lipinski definition) is 2. The molecule has 0 fully saturated rings. The molecule has 16 heavy (non-hydrogen) atoms. The molecule has 84 valence electrons. The van der Waals surface area contributed by atoms with Crippen LogP contribution in [0.25, 0.3) is 11.3 Å². The minimum atomic E-state index is 0.654. The van der Waals surface area contributed by atoms with Crippen LogP contribution in [0.15, 0.2) is 18.2 Å². The number of aryl methyl sites for hydroxylation is 2. The molecular formula is C12H14N2OS. The van der Waals surface area contributed by atoms with Crippen molar-refractivity contribution in [2.24, 2.45) is 0 Å². The van der Waals surface area contributed by atoms with Gasteiger partial charge in [-0.05, 0) is 49.8 Å². The van der Waals surface area contributed by atoms with Crippen LogP contribution in [-0.2, 0) is 0 Å². The number of hydrogen-bond donors (Lipinski definition) is 2. The molecule has 0 spiro atoms. The SMILES string of the molecule is COc1ccc(-c2[nH]c(=S)[nH]c2C)cc1C. The standard InChI is InChI=1S/C12H14N2OS/c1-7-6-9(4-5-10(7)15-3)11-8(2)13-12(16)14-11/h4-6H,1-3H3,(H2,13,14,16). The summed E-state index contributed by atoms with van der Waals surface area (Å²) in [6, 6.07) is 6.07. The van der Waals surface area contributed by atoms with Crippen molar-refractivity contribution in [1.29, 1.82) is 0 Å². The van der Waals surface area contributed by atoms with Gasteiger partial charge in [-0.2, -0.15) is 0 Å². The van der Waals surface area contributed by atoms with E-state index in [1.54, 1.807) is 7.11 Å². The first-order chi connectivity index (χ1) is 7.61. The molecule has 0 radical (unpaired) electrons. The van der Waals surface area contributed by atoms with E-state index < -0.39 is 0 Å². The lowest BCUT2D eigenvalue weighted by atomic mass is 10.1. The first kappa shape index (κ1) is 11.0. The maximum atomic E-state index is 5.23. The van der Waals surface area contributed by atoms with E-state index in [1.807, 2.05) is 26.0 Å². The van der Waals surface area contributed by atoms with E-state index in [0.29, 0.717) is 4.77 Å². The highest BCUT2D eigenvalue weighted by atomic mass is 32.1. The number of H-pyrrole nitrogens is 2. The average molecular weight is 234 g/mol. The third-order valence-electron chi connectivity index (χ3n) is 2.60. The first-order valence-electron chi connectivity index (χ1n) is 5.05. The van der Waals surface area contributed by atoms with Gasteiger partial charge in [0.05, 0.1) is 12.8 Å². The van der Waals surface area contributed by atoms with Gasteiger partial charge < -0.3 is 14.7 Å². The van der Waals surface area contributed by atoms with Crippen molar-refractivity contribution in [3.8, 4) is 17.0 Å². The quantitative estimate of drug-likeness (QED) is 0.782. The molecule has 2 aromatic rings. The summed E-state index contributed by atoms with van der Waals surface area (Å²) in [5.74, 6) is 0.899. The van der Waals surface area contributed by atoms with Crippen LogP contribution in [0.1, 0.15) is 11.3 Å². The molecule has 1 aromatic heterocycles. The number of nitrogens with one attached hydrogen (secondary N) is 2. The molecule has 1 aromatic carbocycles. The summed E-state index contributed by atoms with van der Waals surface area (Å²) in [4.78, 5) is 6.23. The Kier molecular flexibility index (Phi) is 2.83. The van der Waals surface area contributed by atoms with Gasteiger partial charge in [0, 0.05) is 11.3 Å². The van der Waals surface area contributed by atoms with Gasteiger partial charge in [-0.1, -0.05) is 0 Å². The number of imidazole rings is 1. The number of benzene rings is 1. The summed E-state index contributed by atoms with van der Waals surface area (Å²) in [5.41, 5.74) is 4.31. The molecule has 0 bridgehead atoms. The topological polar surface area (TPSA) is 40.8 Å². The van der Waals surface area contributed by atoms with Crippen LogP contribution in [0.4, 0.5) is 0 Å². The van der Waals surface area contributed by atoms with Crippen LogP contribution in [0.3, 0.4) is 0 Å². The lowest BCUT2D eigenvalue weighted by Gasteiger charge is -2.06. The second-order valence-electron chi connectivity index (χ2n) is 3.76. The average Bonchev–Trinajstić information content (AvgIpc) is 2.58. The molecule has 3 nitrogen and oxygen atoms in total. The fraction of sp³-hybridized carbons (Fsp3) is 0.250. The predicted molar refractivity (Wildman–Crippen MR) is 67.4 cm³/mol. The lowest BCUT2D eigenvalue weighted by Crippen LogP contribution is -1.88. The number of aromatic nitrogens is 2. The van der Waals surface area contributed by atoms with Crippen LogP contribution in [0.5, 0.6) is 5.75 Å². The molecule has 0 aliphatic carbocycles. The maximum absolute atomic E-state index is 5.23. The Hall–Kier alpha value is -1.55. The summed E-state index contributed by atoms with van der Waals surface area (Å²) in [6.45, 7) is 4.03. The Morgan fingerprint density at radius 1 is 1.19 bits per heavy atom. The van der Waals surface area contributed by atoms with E-state index in [1.165, 1.54) is 0 Å². The molecule has 2 rings (SSSR count). The lowest BCUT2D eigenvalue weighted by molar-refractivity contribution is 0.412. The molecule has 0 amide bonds. The molecule has 0 unspecified atom stereocenters. The van der Waals surface area contributed by atoms with Crippen molar-refractivity contribution in [3.63, 3.8) is 0 Å². The molecule has 0 saturated carbocycles. The molecule has 0 aliphatic heterocycles. The summed E-state index contributed by atoms with van der Waals surface area (Å²) >= 11 is 5.07. The Morgan fingerprint density at radius 3 is 2.44 bits per heavy atom.